The van der Waals surface area contributed by atoms with Gasteiger partial charge in [0.2, 0.25) is 5.91 Å². The van der Waals surface area contributed by atoms with Gasteiger partial charge in [-0.1, -0.05) is 24.3 Å². The molecule has 0 radical (unpaired) electrons. The number of nitrogens with zero attached hydrogens (tertiary/aromatic N) is 2. The van der Waals surface area contributed by atoms with E-state index in [1.807, 2.05) is 57.2 Å². The summed E-state index contributed by atoms with van der Waals surface area (Å²) in [5.41, 5.74) is 5.00. The molecule has 27 heavy (non-hydrogen) atoms. The van der Waals surface area contributed by atoms with Gasteiger partial charge in [-0.2, -0.15) is 5.10 Å². The van der Waals surface area contributed by atoms with Crippen molar-refractivity contribution in [2.24, 2.45) is 0 Å². The molecule has 6 heteroatoms. The van der Waals surface area contributed by atoms with Crippen LogP contribution in [0, 0.1) is 20.8 Å². The molecule has 0 atom stereocenters. The van der Waals surface area contributed by atoms with Gasteiger partial charge in [0.15, 0.2) is 0 Å². The third kappa shape index (κ3) is 3.74. The average Bonchev–Trinajstić information content (AvgIpc) is 2.93. The molecule has 2 amide bonds. The van der Waals surface area contributed by atoms with E-state index in [2.05, 4.69) is 15.7 Å². The minimum Gasteiger partial charge on any atom is -0.326 e. The Morgan fingerprint density at radius 3 is 2.15 bits per heavy atom. The van der Waals surface area contributed by atoms with Crippen molar-refractivity contribution in [1.82, 2.24) is 9.78 Å². The Hall–Kier alpha value is -3.41. The number of benzene rings is 2. The fraction of sp³-hybridized carbons (Fsp3) is 0.190. The normalized spacial score (nSPS) is 10.5. The summed E-state index contributed by atoms with van der Waals surface area (Å²) in [6.45, 7) is 7.01. The van der Waals surface area contributed by atoms with Gasteiger partial charge in [-0.3, -0.25) is 9.59 Å². The largest absolute Gasteiger partial charge is 0.326 e. The lowest BCUT2D eigenvalue weighted by Crippen LogP contribution is -2.16. The first-order chi connectivity index (χ1) is 12.9. The fourth-order valence-electron chi connectivity index (χ4n) is 3.07. The highest BCUT2D eigenvalue weighted by molar-refractivity contribution is 6.07. The van der Waals surface area contributed by atoms with E-state index in [9.17, 15) is 9.59 Å². The van der Waals surface area contributed by atoms with Gasteiger partial charge in [0.05, 0.1) is 22.6 Å². The summed E-state index contributed by atoms with van der Waals surface area (Å²) in [5, 5.41) is 10.2. The summed E-state index contributed by atoms with van der Waals surface area (Å²) < 4.78 is 1.77. The van der Waals surface area contributed by atoms with Gasteiger partial charge in [0.1, 0.15) is 0 Å². The molecule has 0 saturated carbocycles. The lowest BCUT2D eigenvalue weighted by Gasteiger charge is -2.13. The molecule has 1 heterocycles. The van der Waals surface area contributed by atoms with E-state index in [0.29, 0.717) is 22.6 Å². The molecule has 2 N–H and O–H groups in total. The zero-order valence-corrected chi connectivity index (χ0v) is 15.8. The van der Waals surface area contributed by atoms with Crippen molar-refractivity contribution in [1.29, 1.82) is 0 Å². The summed E-state index contributed by atoms with van der Waals surface area (Å²) in [6.07, 6.45) is 0. The molecule has 0 aliphatic heterocycles. The first-order valence-electron chi connectivity index (χ1n) is 8.68. The standard InChI is InChI=1S/C21H22N4O2/c1-13-18(22-16(4)26)11-8-12-19(13)23-21(27)20-14(2)24-25(15(20)3)17-9-6-5-7-10-17/h5-12H,1-4H3,(H,22,26)(H,23,27). The summed E-state index contributed by atoms with van der Waals surface area (Å²) in [7, 11) is 0. The third-order valence-electron chi connectivity index (χ3n) is 4.41. The molecule has 138 valence electrons. The molecule has 0 spiro atoms. The van der Waals surface area contributed by atoms with Crippen LogP contribution in [0.2, 0.25) is 0 Å². The maximum absolute atomic E-state index is 12.9. The van der Waals surface area contributed by atoms with Gasteiger partial charge in [0.25, 0.3) is 5.91 Å². The van der Waals surface area contributed by atoms with Crippen LogP contribution < -0.4 is 10.6 Å². The maximum atomic E-state index is 12.9. The Morgan fingerprint density at radius 2 is 1.52 bits per heavy atom. The lowest BCUT2D eigenvalue weighted by molar-refractivity contribution is -0.114. The number of hydrogen-bond acceptors (Lipinski definition) is 3. The Morgan fingerprint density at radius 1 is 0.889 bits per heavy atom. The minimum absolute atomic E-state index is 0.155. The van der Waals surface area contributed by atoms with Crippen LogP contribution in [-0.4, -0.2) is 21.6 Å². The predicted molar refractivity (Wildman–Crippen MR) is 106 cm³/mol. The molecule has 0 bridgehead atoms. The van der Waals surface area contributed by atoms with E-state index in [4.69, 9.17) is 0 Å². The number of para-hydroxylation sites is 1. The number of anilines is 2. The van der Waals surface area contributed by atoms with Gasteiger partial charge in [-0.25, -0.2) is 4.68 Å². The highest BCUT2D eigenvalue weighted by atomic mass is 16.2. The van der Waals surface area contributed by atoms with Crippen molar-refractivity contribution in [2.45, 2.75) is 27.7 Å². The first kappa shape index (κ1) is 18.4. The summed E-state index contributed by atoms with van der Waals surface area (Å²) in [6, 6.07) is 15.1. The Bertz CT molecular complexity index is 1010. The van der Waals surface area contributed by atoms with Crippen molar-refractivity contribution < 1.29 is 9.59 Å². The van der Waals surface area contributed by atoms with Gasteiger partial charge < -0.3 is 10.6 Å². The average molecular weight is 362 g/mol. The zero-order chi connectivity index (χ0) is 19.6. The van der Waals surface area contributed by atoms with Crippen LogP contribution in [0.3, 0.4) is 0 Å². The van der Waals surface area contributed by atoms with Crippen molar-refractivity contribution in [3.63, 3.8) is 0 Å². The number of carbonyl (C=O) groups is 2. The van der Waals surface area contributed by atoms with Crippen LogP contribution in [0.5, 0.6) is 0 Å². The van der Waals surface area contributed by atoms with Crippen LogP contribution in [0.15, 0.2) is 48.5 Å². The number of aromatic nitrogens is 2. The number of carbonyl (C=O) groups excluding carboxylic acids is 2. The van der Waals surface area contributed by atoms with E-state index in [1.165, 1.54) is 6.92 Å². The van der Waals surface area contributed by atoms with Crippen LogP contribution in [0.1, 0.15) is 34.2 Å². The molecule has 6 nitrogen and oxygen atoms in total. The van der Waals surface area contributed by atoms with E-state index >= 15 is 0 Å². The second-order valence-electron chi connectivity index (χ2n) is 6.41. The van der Waals surface area contributed by atoms with Crippen LogP contribution in [-0.2, 0) is 4.79 Å². The third-order valence-corrected chi connectivity index (χ3v) is 4.41. The predicted octanol–water partition coefficient (Wildman–Crippen LogP) is 4.01. The monoisotopic (exact) mass is 362 g/mol. The van der Waals surface area contributed by atoms with Gasteiger partial charge in [0, 0.05) is 18.3 Å². The number of hydrogen-bond donors (Lipinski definition) is 2. The zero-order valence-electron chi connectivity index (χ0n) is 15.8. The molecular formula is C21H22N4O2. The van der Waals surface area contributed by atoms with E-state index in [1.54, 1.807) is 16.8 Å². The molecule has 0 aliphatic rings. The van der Waals surface area contributed by atoms with E-state index in [-0.39, 0.29) is 11.8 Å². The maximum Gasteiger partial charge on any atom is 0.259 e. The molecule has 0 unspecified atom stereocenters. The Kier molecular flexibility index (Phi) is 5.07. The number of aryl methyl sites for hydroxylation is 1. The molecule has 1 aromatic heterocycles. The fourth-order valence-corrected chi connectivity index (χ4v) is 3.07. The Balaban J connectivity index is 1.92. The molecule has 2 aromatic carbocycles. The lowest BCUT2D eigenvalue weighted by atomic mass is 10.1. The smallest absolute Gasteiger partial charge is 0.259 e. The van der Waals surface area contributed by atoms with E-state index in [0.717, 1.165) is 16.9 Å². The van der Waals surface area contributed by atoms with Gasteiger partial charge >= 0.3 is 0 Å². The van der Waals surface area contributed by atoms with E-state index < -0.39 is 0 Å². The van der Waals surface area contributed by atoms with Crippen LogP contribution in [0.25, 0.3) is 5.69 Å². The molecule has 0 saturated heterocycles. The topological polar surface area (TPSA) is 76.0 Å². The molecule has 0 aliphatic carbocycles. The highest BCUT2D eigenvalue weighted by Crippen LogP contribution is 2.25. The summed E-state index contributed by atoms with van der Waals surface area (Å²) >= 11 is 0. The SMILES string of the molecule is CC(=O)Nc1cccc(NC(=O)c2c(C)nn(-c3ccccc3)c2C)c1C. The second kappa shape index (κ2) is 7.45. The van der Waals surface area contributed by atoms with Crippen molar-refractivity contribution in [3.8, 4) is 5.69 Å². The molecule has 3 rings (SSSR count). The molecule has 0 fully saturated rings. The van der Waals surface area contributed by atoms with Crippen molar-refractivity contribution in [2.75, 3.05) is 10.6 Å². The van der Waals surface area contributed by atoms with Gasteiger partial charge in [-0.05, 0) is 50.6 Å². The van der Waals surface area contributed by atoms with Crippen LogP contribution in [0.4, 0.5) is 11.4 Å². The first-order valence-corrected chi connectivity index (χ1v) is 8.68. The number of amides is 2. The van der Waals surface area contributed by atoms with Gasteiger partial charge in [-0.15, -0.1) is 0 Å². The summed E-state index contributed by atoms with van der Waals surface area (Å²) in [4.78, 5) is 24.3. The van der Waals surface area contributed by atoms with Crippen LogP contribution >= 0.6 is 0 Å². The minimum atomic E-state index is -0.227. The second-order valence-corrected chi connectivity index (χ2v) is 6.41. The number of nitrogens with one attached hydrogen (secondary N) is 2. The summed E-state index contributed by atoms with van der Waals surface area (Å²) in [5.74, 6) is -0.382. The molecular weight excluding hydrogens is 340 g/mol. The van der Waals surface area contributed by atoms with Crippen molar-refractivity contribution >= 4 is 23.2 Å². The molecule has 3 aromatic rings. The highest BCUT2D eigenvalue weighted by Gasteiger charge is 2.20. The quantitative estimate of drug-likeness (QED) is 0.736. The van der Waals surface area contributed by atoms with Crippen molar-refractivity contribution in [3.05, 3.63) is 71.0 Å². The number of rotatable bonds is 4. The Labute approximate surface area is 158 Å².